The molecule has 4 rings (SSSR count). The SMILES string of the molecule is O=C(CSc1nnc(-c2ccccc2)n1-c1ccc(Br)cc1)NN=CC=Cc1ccccc1[N+](=O)[O-]. The minimum atomic E-state index is -0.452. The molecule has 0 saturated heterocycles. The van der Waals surface area contributed by atoms with Crippen molar-refractivity contribution < 1.29 is 9.72 Å². The van der Waals surface area contributed by atoms with Crippen molar-refractivity contribution in [2.45, 2.75) is 5.16 Å². The van der Waals surface area contributed by atoms with Gasteiger partial charge in [0, 0.05) is 28.0 Å². The van der Waals surface area contributed by atoms with Crippen molar-refractivity contribution in [2.24, 2.45) is 5.10 Å². The topological polar surface area (TPSA) is 115 Å². The molecule has 0 fully saturated rings. The van der Waals surface area contributed by atoms with E-state index in [2.05, 4.69) is 36.7 Å². The predicted molar refractivity (Wildman–Crippen MR) is 144 cm³/mol. The number of nitrogens with zero attached hydrogens (tertiary/aromatic N) is 5. The van der Waals surface area contributed by atoms with Crippen molar-refractivity contribution >= 4 is 51.6 Å². The highest BCUT2D eigenvalue weighted by Gasteiger charge is 2.17. The molecular formula is C25H19BrN6O3S. The van der Waals surface area contributed by atoms with Crippen molar-refractivity contribution in [2.75, 3.05) is 5.75 Å². The standard InChI is InChI=1S/C25H19BrN6O3S/c26-20-12-14-21(15-13-20)31-24(19-8-2-1-3-9-19)29-30-25(31)36-17-23(33)28-27-16-6-10-18-7-4-5-11-22(18)32(34)35/h1-16H,17H2,(H,28,33). The Morgan fingerprint density at radius 3 is 2.53 bits per heavy atom. The van der Waals surface area contributed by atoms with E-state index in [0.29, 0.717) is 16.5 Å². The number of hydrazone groups is 1. The third kappa shape index (κ3) is 6.32. The van der Waals surface area contributed by atoms with Crippen LogP contribution in [0.1, 0.15) is 5.56 Å². The van der Waals surface area contributed by atoms with Gasteiger partial charge in [-0.3, -0.25) is 19.5 Å². The summed E-state index contributed by atoms with van der Waals surface area (Å²) in [5.74, 6) is 0.398. The van der Waals surface area contributed by atoms with Crippen LogP contribution in [0.2, 0.25) is 0 Å². The van der Waals surface area contributed by atoms with E-state index in [9.17, 15) is 14.9 Å². The van der Waals surface area contributed by atoms with E-state index in [1.54, 1.807) is 24.3 Å². The molecule has 0 aliphatic rings. The summed E-state index contributed by atoms with van der Waals surface area (Å²) in [5, 5.41) is 24.2. The number of amides is 1. The maximum absolute atomic E-state index is 12.3. The molecule has 0 spiro atoms. The number of aromatic nitrogens is 3. The van der Waals surface area contributed by atoms with E-state index < -0.39 is 4.92 Å². The number of nitro benzene ring substituents is 1. The number of carbonyl (C=O) groups is 1. The van der Waals surface area contributed by atoms with E-state index in [-0.39, 0.29) is 17.3 Å². The minimum absolute atomic E-state index is 0.00709. The second kappa shape index (κ2) is 12.0. The normalized spacial score (nSPS) is 11.2. The lowest BCUT2D eigenvalue weighted by molar-refractivity contribution is -0.385. The molecule has 0 unspecified atom stereocenters. The number of allylic oxidation sites excluding steroid dienone is 1. The van der Waals surface area contributed by atoms with E-state index in [1.165, 1.54) is 30.1 Å². The number of para-hydroxylation sites is 1. The van der Waals surface area contributed by atoms with Gasteiger partial charge in [-0.1, -0.05) is 70.2 Å². The first-order valence-electron chi connectivity index (χ1n) is 10.6. The van der Waals surface area contributed by atoms with Crippen LogP contribution in [0.15, 0.2) is 99.7 Å². The zero-order valence-corrected chi connectivity index (χ0v) is 21.1. The number of benzene rings is 3. The highest BCUT2D eigenvalue weighted by atomic mass is 79.9. The summed E-state index contributed by atoms with van der Waals surface area (Å²) in [7, 11) is 0. The van der Waals surface area contributed by atoms with Gasteiger partial charge in [0.05, 0.1) is 16.2 Å². The summed E-state index contributed by atoms with van der Waals surface area (Å²) in [6.07, 6.45) is 4.43. The van der Waals surface area contributed by atoms with E-state index in [4.69, 9.17) is 0 Å². The molecule has 0 radical (unpaired) electrons. The molecule has 0 atom stereocenters. The summed E-state index contributed by atoms with van der Waals surface area (Å²) in [6, 6.07) is 23.8. The maximum atomic E-state index is 12.3. The largest absolute Gasteiger partial charge is 0.276 e. The van der Waals surface area contributed by atoms with Crippen LogP contribution in [0.4, 0.5) is 5.69 Å². The number of nitro groups is 1. The Kier molecular flexibility index (Phi) is 8.37. The molecule has 1 aromatic heterocycles. The number of hydrogen-bond donors (Lipinski definition) is 1. The first-order valence-corrected chi connectivity index (χ1v) is 12.4. The molecule has 9 nitrogen and oxygen atoms in total. The zero-order chi connectivity index (χ0) is 25.3. The van der Waals surface area contributed by atoms with Crippen molar-refractivity contribution in [3.05, 3.63) is 105 Å². The molecule has 1 heterocycles. The molecule has 36 heavy (non-hydrogen) atoms. The highest BCUT2D eigenvalue weighted by Crippen LogP contribution is 2.28. The molecule has 0 saturated carbocycles. The zero-order valence-electron chi connectivity index (χ0n) is 18.7. The Morgan fingerprint density at radius 1 is 1.06 bits per heavy atom. The lowest BCUT2D eigenvalue weighted by Crippen LogP contribution is -2.19. The molecule has 3 aromatic carbocycles. The predicted octanol–water partition coefficient (Wildman–Crippen LogP) is 5.51. The summed E-state index contributed by atoms with van der Waals surface area (Å²) in [5.41, 5.74) is 4.64. The van der Waals surface area contributed by atoms with Gasteiger partial charge in [-0.15, -0.1) is 10.2 Å². The van der Waals surface area contributed by atoms with Crippen LogP contribution >= 0.6 is 27.7 Å². The van der Waals surface area contributed by atoms with E-state index in [1.807, 2.05) is 59.2 Å². The molecule has 0 aliphatic carbocycles. The molecule has 1 N–H and O–H groups in total. The molecule has 180 valence electrons. The van der Waals surface area contributed by atoms with Crippen LogP contribution in [0.25, 0.3) is 23.2 Å². The van der Waals surface area contributed by atoms with Gasteiger partial charge in [-0.25, -0.2) is 5.43 Å². The van der Waals surface area contributed by atoms with Crippen LogP contribution < -0.4 is 5.43 Å². The number of rotatable bonds is 9. The number of thioether (sulfide) groups is 1. The fourth-order valence-electron chi connectivity index (χ4n) is 3.22. The number of halogens is 1. The molecule has 1 amide bonds. The lowest BCUT2D eigenvalue weighted by atomic mass is 10.2. The fourth-order valence-corrected chi connectivity index (χ4v) is 4.23. The van der Waals surface area contributed by atoms with Gasteiger partial charge in [-0.2, -0.15) is 5.10 Å². The number of carbonyl (C=O) groups excluding carboxylic acids is 1. The van der Waals surface area contributed by atoms with Gasteiger partial charge in [0.25, 0.3) is 11.6 Å². The summed E-state index contributed by atoms with van der Waals surface area (Å²) < 4.78 is 2.85. The Balaban J connectivity index is 1.42. The summed E-state index contributed by atoms with van der Waals surface area (Å²) in [4.78, 5) is 23.0. The average molecular weight is 563 g/mol. The highest BCUT2D eigenvalue weighted by molar-refractivity contribution is 9.10. The van der Waals surface area contributed by atoms with Gasteiger partial charge in [-0.05, 0) is 42.5 Å². The Morgan fingerprint density at radius 2 is 1.78 bits per heavy atom. The second-order valence-corrected chi connectivity index (χ2v) is 9.12. The Hall–Kier alpha value is -4.09. The average Bonchev–Trinajstić information content (AvgIpc) is 3.32. The van der Waals surface area contributed by atoms with E-state index in [0.717, 1.165) is 15.7 Å². The summed E-state index contributed by atoms with van der Waals surface area (Å²) >= 11 is 4.69. The van der Waals surface area contributed by atoms with Gasteiger partial charge in [0.15, 0.2) is 11.0 Å². The van der Waals surface area contributed by atoms with Crippen molar-refractivity contribution in [3.8, 4) is 17.1 Å². The van der Waals surface area contributed by atoms with Crippen LogP contribution in [-0.4, -0.2) is 37.6 Å². The second-order valence-electron chi connectivity index (χ2n) is 7.26. The lowest BCUT2D eigenvalue weighted by Gasteiger charge is -2.10. The fraction of sp³-hybridized carbons (Fsp3) is 0.0400. The quantitative estimate of drug-likeness (QED) is 0.124. The first-order chi connectivity index (χ1) is 17.5. The van der Waals surface area contributed by atoms with Crippen LogP contribution in [0.5, 0.6) is 0 Å². The van der Waals surface area contributed by atoms with Crippen molar-refractivity contribution in [1.82, 2.24) is 20.2 Å². The monoisotopic (exact) mass is 562 g/mol. The number of hydrogen-bond acceptors (Lipinski definition) is 7. The van der Waals surface area contributed by atoms with Gasteiger partial charge in [0.1, 0.15) is 0 Å². The Bertz CT molecular complexity index is 1420. The Labute approximate surface area is 219 Å². The molecule has 11 heteroatoms. The van der Waals surface area contributed by atoms with E-state index >= 15 is 0 Å². The smallest absolute Gasteiger partial charge is 0.272 e. The van der Waals surface area contributed by atoms with Crippen LogP contribution in [0, 0.1) is 10.1 Å². The van der Waals surface area contributed by atoms with Crippen LogP contribution in [-0.2, 0) is 4.79 Å². The van der Waals surface area contributed by atoms with Crippen molar-refractivity contribution in [1.29, 1.82) is 0 Å². The molecule has 0 bridgehead atoms. The molecule has 4 aromatic rings. The minimum Gasteiger partial charge on any atom is -0.272 e. The molecular weight excluding hydrogens is 544 g/mol. The summed E-state index contributed by atoms with van der Waals surface area (Å²) in [6.45, 7) is 0. The molecule has 0 aliphatic heterocycles. The van der Waals surface area contributed by atoms with Crippen LogP contribution in [0.3, 0.4) is 0 Å². The van der Waals surface area contributed by atoms with Gasteiger partial charge < -0.3 is 0 Å². The third-order valence-corrected chi connectivity index (χ3v) is 6.30. The third-order valence-electron chi connectivity index (χ3n) is 4.84. The van der Waals surface area contributed by atoms with Crippen molar-refractivity contribution in [3.63, 3.8) is 0 Å². The van der Waals surface area contributed by atoms with Gasteiger partial charge in [0.2, 0.25) is 0 Å². The number of nitrogens with one attached hydrogen (secondary N) is 1. The van der Waals surface area contributed by atoms with Gasteiger partial charge >= 0.3 is 0 Å². The first kappa shape index (κ1) is 25.0. The maximum Gasteiger partial charge on any atom is 0.276 e.